The van der Waals surface area contributed by atoms with Crippen LogP contribution < -0.4 is 0 Å². The summed E-state index contributed by atoms with van der Waals surface area (Å²) in [6.07, 6.45) is 1.54. The molecular formula is C12H14F2N2O. The van der Waals surface area contributed by atoms with Crippen LogP contribution in [0.5, 0.6) is 0 Å². The molecule has 0 fully saturated rings. The molecular weight excluding hydrogens is 226 g/mol. The van der Waals surface area contributed by atoms with Crippen molar-refractivity contribution >= 4 is 11.0 Å². The van der Waals surface area contributed by atoms with E-state index in [1.165, 1.54) is 0 Å². The van der Waals surface area contributed by atoms with Gasteiger partial charge in [-0.05, 0) is 13.3 Å². The summed E-state index contributed by atoms with van der Waals surface area (Å²) in [5, 5.41) is 0. The highest BCUT2D eigenvalue weighted by atomic mass is 19.2. The average Bonchev–Trinajstić information content (AvgIpc) is 2.67. The Labute approximate surface area is 97.8 Å². The van der Waals surface area contributed by atoms with Gasteiger partial charge in [-0.1, -0.05) is 0 Å². The molecule has 0 amide bonds. The molecule has 5 heteroatoms. The third-order valence-electron chi connectivity index (χ3n) is 2.48. The summed E-state index contributed by atoms with van der Waals surface area (Å²) in [6.45, 7) is 3.29. The van der Waals surface area contributed by atoms with Gasteiger partial charge in [0.25, 0.3) is 0 Å². The summed E-state index contributed by atoms with van der Waals surface area (Å²) < 4.78 is 31.1. The van der Waals surface area contributed by atoms with Gasteiger partial charge in [0.1, 0.15) is 5.82 Å². The Bertz CT molecular complexity index is 471. The Morgan fingerprint density at radius 2 is 2.06 bits per heavy atom. The fraction of sp³-hybridized carbons (Fsp3) is 0.417. The minimum Gasteiger partial charge on any atom is -0.382 e. The zero-order valence-electron chi connectivity index (χ0n) is 9.59. The topological polar surface area (TPSA) is 37.9 Å². The molecule has 0 aliphatic rings. The van der Waals surface area contributed by atoms with Crippen LogP contribution in [0.15, 0.2) is 12.1 Å². The second-order valence-corrected chi connectivity index (χ2v) is 3.77. The van der Waals surface area contributed by atoms with Gasteiger partial charge in [-0.15, -0.1) is 0 Å². The third-order valence-corrected chi connectivity index (χ3v) is 2.48. The van der Waals surface area contributed by atoms with Crippen LogP contribution in [-0.2, 0) is 11.2 Å². The summed E-state index contributed by atoms with van der Waals surface area (Å²) in [5.74, 6) is -1.00. The van der Waals surface area contributed by atoms with Crippen LogP contribution in [0, 0.1) is 11.6 Å². The van der Waals surface area contributed by atoms with E-state index < -0.39 is 11.6 Å². The lowest BCUT2D eigenvalue weighted by atomic mass is 10.3. The fourth-order valence-corrected chi connectivity index (χ4v) is 1.66. The monoisotopic (exact) mass is 240 g/mol. The molecule has 0 aliphatic heterocycles. The van der Waals surface area contributed by atoms with E-state index in [1.54, 1.807) is 0 Å². The number of nitrogens with one attached hydrogen (secondary N) is 1. The van der Waals surface area contributed by atoms with Crippen molar-refractivity contribution in [3.05, 3.63) is 29.6 Å². The standard InChI is InChI=1S/C12H14F2N2O/c1-2-17-5-3-4-12-15-10-6-8(13)9(14)7-11(10)16-12/h6-7H,2-5H2,1H3,(H,15,16). The Morgan fingerprint density at radius 3 is 2.82 bits per heavy atom. The predicted molar refractivity (Wildman–Crippen MR) is 60.8 cm³/mol. The fourth-order valence-electron chi connectivity index (χ4n) is 1.66. The molecule has 1 heterocycles. The first-order valence-corrected chi connectivity index (χ1v) is 5.62. The number of halogens is 2. The molecule has 1 aromatic carbocycles. The number of rotatable bonds is 5. The summed E-state index contributed by atoms with van der Waals surface area (Å²) in [4.78, 5) is 7.16. The number of hydrogen-bond acceptors (Lipinski definition) is 2. The highest BCUT2D eigenvalue weighted by molar-refractivity contribution is 5.75. The van der Waals surface area contributed by atoms with E-state index in [0.717, 1.165) is 24.4 Å². The smallest absolute Gasteiger partial charge is 0.161 e. The molecule has 0 saturated heterocycles. The van der Waals surface area contributed by atoms with Gasteiger partial charge in [0, 0.05) is 31.8 Å². The number of fused-ring (bicyclic) bond motifs is 1. The Balaban J connectivity index is 2.09. The van der Waals surface area contributed by atoms with Gasteiger partial charge in [0.05, 0.1) is 11.0 Å². The van der Waals surface area contributed by atoms with Crippen molar-refractivity contribution in [3.8, 4) is 0 Å². The zero-order chi connectivity index (χ0) is 12.3. The second-order valence-electron chi connectivity index (χ2n) is 3.77. The molecule has 0 radical (unpaired) electrons. The lowest BCUT2D eigenvalue weighted by Gasteiger charge is -1.98. The molecule has 3 nitrogen and oxygen atoms in total. The second kappa shape index (κ2) is 5.23. The molecule has 0 bridgehead atoms. The number of benzene rings is 1. The van der Waals surface area contributed by atoms with Crippen molar-refractivity contribution in [1.82, 2.24) is 9.97 Å². The molecule has 2 aromatic rings. The van der Waals surface area contributed by atoms with Crippen molar-refractivity contribution < 1.29 is 13.5 Å². The van der Waals surface area contributed by atoms with E-state index in [4.69, 9.17) is 4.74 Å². The normalized spacial score (nSPS) is 11.2. The average molecular weight is 240 g/mol. The molecule has 92 valence electrons. The SMILES string of the molecule is CCOCCCc1nc2cc(F)c(F)cc2[nH]1. The molecule has 0 atom stereocenters. The van der Waals surface area contributed by atoms with Gasteiger partial charge >= 0.3 is 0 Å². The quantitative estimate of drug-likeness (QED) is 0.816. The number of imidazole rings is 1. The first kappa shape index (κ1) is 12.0. The van der Waals surface area contributed by atoms with E-state index >= 15 is 0 Å². The number of hydrogen-bond donors (Lipinski definition) is 1. The summed E-state index contributed by atoms with van der Waals surface area (Å²) in [7, 11) is 0. The number of H-pyrrole nitrogens is 1. The molecule has 1 N–H and O–H groups in total. The zero-order valence-corrected chi connectivity index (χ0v) is 9.59. The highest BCUT2D eigenvalue weighted by Gasteiger charge is 2.08. The minimum atomic E-state index is -0.870. The first-order chi connectivity index (χ1) is 8.20. The number of nitrogens with zero attached hydrogens (tertiary/aromatic N) is 1. The first-order valence-electron chi connectivity index (χ1n) is 5.62. The number of aryl methyl sites for hydroxylation is 1. The minimum absolute atomic E-state index is 0.454. The van der Waals surface area contributed by atoms with Crippen LogP contribution in [0.25, 0.3) is 11.0 Å². The number of aromatic nitrogens is 2. The van der Waals surface area contributed by atoms with Gasteiger partial charge in [0.2, 0.25) is 0 Å². The summed E-state index contributed by atoms with van der Waals surface area (Å²) >= 11 is 0. The van der Waals surface area contributed by atoms with Crippen LogP contribution in [-0.4, -0.2) is 23.2 Å². The van der Waals surface area contributed by atoms with Crippen molar-refractivity contribution in [2.24, 2.45) is 0 Å². The lowest BCUT2D eigenvalue weighted by molar-refractivity contribution is 0.145. The largest absolute Gasteiger partial charge is 0.382 e. The van der Waals surface area contributed by atoms with Crippen LogP contribution in [0.2, 0.25) is 0 Å². The maximum atomic E-state index is 13.0. The van der Waals surface area contributed by atoms with Gasteiger partial charge in [-0.2, -0.15) is 0 Å². The maximum Gasteiger partial charge on any atom is 0.161 e. The van der Waals surface area contributed by atoms with E-state index in [1.807, 2.05) is 6.92 Å². The highest BCUT2D eigenvalue weighted by Crippen LogP contribution is 2.16. The van der Waals surface area contributed by atoms with Crippen molar-refractivity contribution in [2.75, 3.05) is 13.2 Å². The summed E-state index contributed by atoms with van der Waals surface area (Å²) in [5.41, 5.74) is 0.977. The van der Waals surface area contributed by atoms with Crippen LogP contribution in [0.4, 0.5) is 8.78 Å². The van der Waals surface area contributed by atoms with Gasteiger partial charge in [-0.3, -0.25) is 0 Å². The Hall–Kier alpha value is -1.49. The van der Waals surface area contributed by atoms with Gasteiger partial charge in [-0.25, -0.2) is 13.8 Å². The lowest BCUT2D eigenvalue weighted by Crippen LogP contribution is -1.96. The van der Waals surface area contributed by atoms with Gasteiger partial charge < -0.3 is 9.72 Å². The van der Waals surface area contributed by atoms with Crippen molar-refractivity contribution in [2.45, 2.75) is 19.8 Å². The van der Waals surface area contributed by atoms with E-state index in [9.17, 15) is 8.78 Å². The van der Waals surface area contributed by atoms with Crippen LogP contribution >= 0.6 is 0 Å². The molecule has 1 aromatic heterocycles. The van der Waals surface area contributed by atoms with Gasteiger partial charge in [0.15, 0.2) is 11.6 Å². The summed E-state index contributed by atoms with van der Waals surface area (Å²) in [6, 6.07) is 2.23. The Kier molecular flexibility index (Phi) is 3.68. The predicted octanol–water partition coefficient (Wildman–Crippen LogP) is 2.81. The molecule has 0 spiro atoms. The molecule has 2 rings (SSSR count). The van der Waals surface area contributed by atoms with Crippen molar-refractivity contribution in [1.29, 1.82) is 0 Å². The van der Waals surface area contributed by atoms with E-state index in [-0.39, 0.29) is 0 Å². The molecule has 17 heavy (non-hydrogen) atoms. The molecule has 0 saturated carbocycles. The third kappa shape index (κ3) is 2.79. The van der Waals surface area contributed by atoms with E-state index in [2.05, 4.69) is 9.97 Å². The number of ether oxygens (including phenoxy) is 1. The molecule has 0 unspecified atom stereocenters. The maximum absolute atomic E-state index is 13.0. The number of aromatic amines is 1. The molecule has 0 aliphatic carbocycles. The van der Waals surface area contributed by atoms with Crippen LogP contribution in [0.1, 0.15) is 19.2 Å². The van der Waals surface area contributed by atoms with E-state index in [0.29, 0.717) is 30.7 Å². The Morgan fingerprint density at radius 1 is 1.29 bits per heavy atom. The van der Waals surface area contributed by atoms with Crippen LogP contribution in [0.3, 0.4) is 0 Å². The van der Waals surface area contributed by atoms with Crippen molar-refractivity contribution in [3.63, 3.8) is 0 Å².